The average molecular weight is 503 g/mol. The van der Waals surface area contributed by atoms with Crippen molar-refractivity contribution in [2.24, 2.45) is 0 Å². The number of anilines is 1. The van der Waals surface area contributed by atoms with Crippen LogP contribution < -0.4 is 15.8 Å². The van der Waals surface area contributed by atoms with E-state index in [2.05, 4.69) is 10.2 Å². The lowest BCUT2D eigenvalue weighted by Gasteiger charge is -2.36. The molecule has 1 aliphatic heterocycles. The molecule has 1 amide bonds. The van der Waals surface area contributed by atoms with Crippen molar-refractivity contribution in [3.63, 3.8) is 0 Å². The molecular weight excluding hydrogens is 476 g/mol. The predicted octanol–water partition coefficient (Wildman–Crippen LogP) is 3.76. The zero-order valence-corrected chi connectivity index (χ0v) is 19.5. The number of carbonyl (C=O) groups is 1. The molecule has 3 aromatic rings. The van der Waals surface area contributed by atoms with Gasteiger partial charge in [-0.05, 0) is 48.0 Å². The summed E-state index contributed by atoms with van der Waals surface area (Å²) in [5, 5.41) is 2.73. The maximum atomic E-state index is 13.3. The summed E-state index contributed by atoms with van der Waals surface area (Å²) in [6.45, 7) is 3.86. The van der Waals surface area contributed by atoms with Gasteiger partial charge in [-0.15, -0.1) is 0 Å². The van der Waals surface area contributed by atoms with Crippen LogP contribution in [0.2, 0.25) is 0 Å². The van der Waals surface area contributed by atoms with E-state index < -0.39 is 11.7 Å². The Morgan fingerprint density at radius 2 is 1.64 bits per heavy atom. The van der Waals surface area contributed by atoms with Crippen LogP contribution in [-0.4, -0.2) is 48.1 Å². The van der Waals surface area contributed by atoms with E-state index in [9.17, 15) is 27.2 Å². The van der Waals surface area contributed by atoms with E-state index in [-0.39, 0.29) is 23.8 Å². The normalized spacial score (nSPS) is 14.6. The highest BCUT2D eigenvalue weighted by molar-refractivity contribution is 5.93. The number of halogens is 4. The van der Waals surface area contributed by atoms with Crippen molar-refractivity contribution in [1.29, 1.82) is 0 Å². The fraction of sp³-hybridized carbons (Fsp3) is 0.308. The van der Waals surface area contributed by atoms with Crippen LogP contribution in [0, 0.1) is 5.82 Å². The van der Waals surface area contributed by atoms with E-state index in [1.54, 1.807) is 12.1 Å². The molecule has 36 heavy (non-hydrogen) atoms. The number of carbonyl (C=O) groups excluding carboxylic acids is 1. The minimum absolute atomic E-state index is 0.166. The number of hydrogen-bond acceptors (Lipinski definition) is 4. The number of piperazine rings is 1. The fourth-order valence-corrected chi connectivity index (χ4v) is 4.11. The largest absolute Gasteiger partial charge is 0.416 e. The molecule has 1 N–H and O–H groups in total. The highest BCUT2D eigenvalue weighted by Gasteiger charge is 2.30. The van der Waals surface area contributed by atoms with Gasteiger partial charge in [-0.2, -0.15) is 13.2 Å². The van der Waals surface area contributed by atoms with Crippen LogP contribution in [0.5, 0.6) is 0 Å². The minimum Gasteiger partial charge on any atom is -0.369 e. The van der Waals surface area contributed by atoms with Crippen LogP contribution in [0.4, 0.5) is 23.2 Å². The molecular formula is C26H26F4N4O2. The second kappa shape index (κ2) is 10.9. The third-order valence-corrected chi connectivity index (χ3v) is 6.18. The molecule has 1 fully saturated rings. The van der Waals surface area contributed by atoms with Crippen molar-refractivity contribution in [2.75, 3.05) is 37.6 Å². The molecule has 1 saturated heterocycles. The molecule has 6 nitrogen and oxygen atoms in total. The summed E-state index contributed by atoms with van der Waals surface area (Å²) in [5.41, 5.74) is 0.821. The van der Waals surface area contributed by atoms with E-state index in [0.717, 1.165) is 17.8 Å². The number of nitrogens with zero attached hydrogens (tertiary/aromatic N) is 3. The van der Waals surface area contributed by atoms with Gasteiger partial charge in [0.2, 0.25) is 0 Å². The number of benzene rings is 2. The van der Waals surface area contributed by atoms with Crippen molar-refractivity contribution in [3.8, 4) is 0 Å². The van der Waals surface area contributed by atoms with Crippen LogP contribution in [0.1, 0.15) is 21.5 Å². The van der Waals surface area contributed by atoms with Gasteiger partial charge in [-0.1, -0.05) is 12.1 Å². The third-order valence-electron chi connectivity index (χ3n) is 6.18. The Morgan fingerprint density at radius 3 is 2.31 bits per heavy atom. The van der Waals surface area contributed by atoms with E-state index in [1.165, 1.54) is 47.2 Å². The maximum absolute atomic E-state index is 13.3. The summed E-state index contributed by atoms with van der Waals surface area (Å²) in [4.78, 5) is 29.0. The van der Waals surface area contributed by atoms with Crippen molar-refractivity contribution < 1.29 is 22.4 Å². The van der Waals surface area contributed by atoms with Crippen LogP contribution >= 0.6 is 0 Å². The van der Waals surface area contributed by atoms with E-state index in [1.807, 2.05) is 4.90 Å². The number of pyridine rings is 1. The van der Waals surface area contributed by atoms with Crippen molar-refractivity contribution in [3.05, 3.63) is 99.7 Å². The number of hydrogen-bond donors (Lipinski definition) is 1. The van der Waals surface area contributed by atoms with Crippen molar-refractivity contribution in [1.82, 2.24) is 14.8 Å². The zero-order valence-electron chi connectivity index (χ0n) is 19.5. The number of rotatable bonds is 7. The first-order valence-corrected chi connectivity index (χ1v) is 11.6. The van der Waals surface area contributed by atoms with Crippen LogP contribution in [0.3, 0.4) is 0 Å². The summed E-state index contributed by atoms with van der Waals surface area (Å²) < 4.78 is 53.1. The van der Waals surface area contributed by atoms with Gasteiger partial charge in [0.1, 0.15) is 5.82 Å². The average Bonchev–Trinajstić information content (AvgIpc) is 2.87. The Balaban J connectivity index is 1.28. The fourth-order valence-electron chi connectivity index (χ4n) is 4.11. The van der Waals surface area contributed by atoms with Gasteiger partial charge in [0, 0.05) is 63.8 Å². The molecule has 0 spiro atoms. The Bertz CT molecular complexity index is 1250. The Hall–Kier alpha value is -3.66. The first-order valence-electron chi connectivity index (χ1n) is 11.6. The second-order valence-corrected chi connectivity index (χ2v) is 8.64. The molecule has 0 aliphatic carbocycles. The lowest BCUT2D eigenvalue weighted by Crippen LogP contribution is -2.47. The maximum Gasteiger partial charge on any atom is 0.416 e. The monoisotopic (exact) mass is 502 g/mol. The van der Waals surface area contributed by atoms with Gasteiger partial charge >= 0.3 is 6.18 Å². The van der Waals surface area contributed by atoms with Crippen molar-refractivity contribution >= 4 is 11.6 Å². The van der Waals surface area contributed by atoms with E-state index in [4.69, 9.17) is 0 Å². The number of alkyl halides is 3. The molecule has 2 aromatic carbocycles. The predicted molar refractivity (Wildman–Crippen MR) is 128 cm³/mol. The molecule has 1 aromatic heterocycles. The Kier molecular flexibility index (Phi) is 7.73. The summed E-state index contributed by atoms with van der Waals surface area (Å²) in [6, 6.07) is 13.9. The summed E-state index contributed by atoms with van der Waals surface area (Å²) >= 11 is 0. The third kappa shape index (κ3) is 6.51. The second-order valence-electron chi connectivity index (χ2n) is 8.64. The molecule has 0 atom stereocenters. The molecule has 190 valence electrons. The molecule has 0 saturated carbocycles. The minimum atomic E-state index is -4.35. The summed E-state index contributed by atoms with van der Waals surface area (Å²) in [7, 11) is 0. The van der Waals surface area contributed by atoms with E-state index in [0.29, 0.717) is 50.4 Å². The standard InChI is InChI=1S/C26H26F4N4O2/c27-22-3-1-2-19(16-22)17-31-25(36)20-4-9-24(35)34(18-20)15-12-32-10-13-33(14-11-32)23-7-5-21(6-8-23)26(28,29)30/h1-9,16,18H,10-15,17H2,(H,31,36). The number of nitrogens with one attached hydrogen (secondary N) is 1. The lowest BCUT2D eigenvalue weighted by atomic mass is 10.1. The van der Waals surface area contributed by atoms with Crippen molar-refractivity contribution in [2.45, 2.75) is 19.3 Å². The SMILES string of the molecule is O=C(NCc1cccc(F)c1)c1ccc(=O)n(CCN2CCN(c3ccc(C(F)(F)F)cc3)CC2)c1. The van der Waals surface area contributed by atoms with Crippen LogP contribution in [0.15, 0.2) is 71.7 Å². The Labute approximate surface area is 205 Å². The summed E-state index contributed by atoms with van der Waals surface area (Å²) in [6.07, 6.45) is -2.84. The molecule has 0 radical (unpaired) electrons. The van der Waals surface area contributed by atoms with Crippen LogP contribution in [0.25, 0.3) is 0 Å². The van der Waals surface area contributed by atoms with Gasteiger partial charge in [-0.25, -0.2) is 4.39 Å². The smallest absolute Gasteiger partial charge is 0.369 e. The Morgan fingerprint density at radius 1 is 0.917 bits per heavy atom. The van der Waals surface area contributed by atoms with E-state index >= 15 is 0 Å². The van der Waals surface area contributed by atoms with Gasteiger partial charge in [0.15, 0.2) is 0 Å². The van der Waals surface area contributed by atoms with Gasteiger partial charge in [0.05, 0.1) is 11.1 Å². The zero-order chi connectivity index (χ0) is 25.7. The highest BCUT2D eigenvalue weighted by Crippen LogP contribution is 2.30. The molecule has 4 rings (SSSR count). The highest BCUT2D eigenvalue weighted by atomic mass is 19.4. The van der Waals surface area contributed by atoms with Crippen LogP contribution in [-0.2, 0) is 19.3 Å². The van der Waals surface area contributed by atoms with Gasteiger partial charge in [-0.3, -0.25) is 14.5 Å². The first kappa shape index (κ1) is 25.4. The molecule has 1 aliphatic rings. The topological polar surface area (TPSA) is 57.6 Å². The van der Waals surface area contributed by atoms with Gasteiger partial charge in [0.25, 0.3) is 11.5 Å². The quantitative estimate of drug-likeness (QED) is 0.500. The molecule has 10 heteroatoms. The van der Waals surface area contributed by atoms with Gasteiger partial charge < -0.3 is 14.8 Å². The number of aromatic nitrogens is 1. The molecule has 0 bridgehead atoms. The molecule has 2 heterocycles. The molecule has 0 unspecified atom stereocenters. The first-order chi connectivity index (χ1) is 17.2. The summed E-state index contributed by atoms with van der Waals surface area (Å²) in [5.74, 6) is -0.742. The lowest BCUT2D eigenvalue weighted by molar-refractivity contribution is -0.137. The number of amides is 1.